The van der Waals surface area contributed by atoms with Gasteiger partial charge in [0, 0.05) is 23.8 Å². The molecule has 0 unspecified atom stereocenters. The first kappa shape index (κ1) is 24.3. The van der Waals surface area contributed by atoms with E-state index in [1.165, 1.54) is 45.7 Å². The normalized spacial score (nSPS) is 11.1. The third-order valence-electron chi connectivity index (χ3n) is 4.65. The molecule has 3 rings (SSSR count). The molecule has 3 aromatic carbocycles. The van der Waals surface area contributed by atoms with Crippen molar-refractivity contribution in [3.8, 4) is 17.2 Å². The van der Waals surface area contributed by atoms with Gasteiger partial charge < -0.3 is 14.2 Å². The van der Waals surface area contributed by atoms with E-state index in [9.17, 15) is 18.5 Å². The van der Waals surface area contributed by atoms with E-state index < -0.39 is 20.6 Å². The van der Waals surface area contributed by atoms with E-state index in [1.807, 2.05) is 0 Å². The Balaban J connectivity index is 1.96. The molecule has 0 saturated carbocycles. The van der Waals surface area contributed by atoms with Gasteiger partial charge in [-0.3, -0.25) is 20.3 Å². The Bertz CT molecular complexity index is 1330. The predicted octanol–water partition coefficient (Wildman–Crippen LogP) is 3.87. The van der Waals surface area contributed by atoms with E-state index in [-0.39, 0.29) is 22.0 Å². The number of ether oxygens (including phenoxy) is 3. The van der Waals surface area contributed by atoms with Gasteiger partial charge in [0.1, 0.15) is 22.1 Å². The molecule has 0 saturated heterocycles. The smallest absolute Gasteiger partial charge is 0.270 e. The molecule has 0 bridgehead atoms. The number of nitro groups is 1. The third kappa shape index (κ3) is 5.53. The second-order valence-corrected chi connectivity index (χ2v) is 8.37. The number of rotatable bonds is 10. The number of hydrogen-bond acceptors (Lipinski definition) is 9. The highest BCUT2D eigenvalue weighted by molar-refractivity contribution is 7.93. The van der Waals surface area contributed by atoms with Gasteiger partial charge in [-0.25, -0.2) is 8.42 Å². The molecule has 0 aliphatic rings. The quantitative estimate of drug-likeness (QED) is 0.250. The van der Waals surface area contributed by atoms with E-state index in [0.29, 0.717) is 17.1 Å². The highest BCUT2D eigenvalue weighted by Crippen LogP contribution is 2.31. The fraction of sp³-hybridized carbons (Fsp3) is 0.136. The van der Waals surface area contributed by atoms with Crippen LogP contribution in [0.5, 0.6) is 17.2 Å². The van der Waals surface area contributed by atoms with Crippen LogP contribution in [-0.4, -0.2) is 40.9 Å². The molecule has 0 amide bonds. The summed E-state index contributed by atoms with van der Waals surface area (Å²) in [4.78, 5) is 10.2. The molecule has 0 aliphatic carbocycles. The number of nitro benzene ring substituents is 1. The minimum atomic E-state index is -4.26. The summed E-state index contributed by atoms with van der Waals surface area (Å²) < 4.78 is 44.3. The first-order valence-corrected chi connectivity index (χ1v) is 11.2. The zero-order valence-corrected chi connectivity index (χ0v) is 19.3. The molecular formula is C22H22N4O7S. The van der Waals surface area contributed by atoms with Gasteiger partial charge in [-0.1, -0.05) is 12.1 Å². The minimum Gasteiger partial charge on any atom is -0.497 e. The number of anilines is 2. The van der Waals surface area contributed by atoms with Crippen LogP contribution in [0.25, 0.3) is 0 Å². The van der Waals surface area contributed by atoms with Gasteiger partial charge in [0.15, 0.2) is 0 Å². The van der Waals surface area contributed by atoms with Crippen molar-refractivity contribution in [1.82, 2.24) is 0 Å². The maximum absolute atomic E-state index is 13.2. The van der Waals surface area contributed by atoms with Crippen molar-refractivity contribution in [3.63, 3.8) is 0 Å². The first-order valence-electron chi connectivity index (χ1n) is 9.74. The molecule has 0 spiro atoms. The highest BCUT2D eigenvalue weighted by Gasteiger charge is 2.23. The molecule has 0 radical (unpaired) electrons. The fourth-order valence-corrected chi connectivity index (χ4v) is 4.21. The average Bonchev–Trinajstić information content (AvgIpc) is 2.84. The zero-order valence-electron chi connectivity index (χ0n) is 18.5. The van der Waals surface area contributed by atoms with Gasteiger partial charge in [-0.05, 0) is 30.3 Å². The maximum atomic E-state index is 13.2. The summed E-state index contributed by atoms with van der Waals surface area (Å²) in [5, 5.41) is 15.4. The topological polar surface area (TPSA) is 141 Å². The van der Waals surface area contributed by atoms with E-state index in [0.717, 1.165) is 6.07 Å². The van der Waals surface area contributed by atoms with Crippen LogP contribution in [0.1, 0.15) is 5.56 Å². The molecule has 2 N–H and O–H groups in total. The number of hydrazone groups is 1. The van der Waals surface area contributed by atoms with Gasteiger partial charge in [-0.2, -0.15) is 5.10 Å². The summed E-state index contributed by atoms with van der Waals surface area (Å²) in [5.74, 6) is 1.36. The Labute approximate surface area is 196 Å². The molecular weight excluding hydrogens is 464 g/mol. The lowest BCUT2D eigenvalue weighted by atomic mass is 10.2. The van der Waals surface area contributed by atoms with Crippen molar-refractivity contribution in [3.05, 3.63) is 76.3 Å². The Morgan fingerprint density at radius 1 is 0.912 bits per heavy atom. The molecule has 178 valence electrons. The molecule has 34 heavy (non-hydrogen) atoms. The third-order valence-corrected chi connectivity index (χ3v) is 6.05. The van der Waals surface area contributed by atoms with Gasteiger partial charge in [-0.15, -0.1) is 0 Å². The summed E-state index contributed by atoms with van der Waals surface area (Å²) in [6.07, 6.45) is 1.42. The zero-order chi connectivity index (χ0) is 24.7. The molecule has 0 aromatic heterocycles. The number of hydrogen-bond donors (Lipinski definition) is 2. The van der Waals surface area contributed by atoms with Crippen molar-refractivity contribution >= 4 is 33.3 Å². The molecule has 0 fully saturated rings. The molecule has 0 aliphatic heterocycles. The maximum Gasteiger partial charge on any atom is 0.270 e. The number of nitrogens with one attached hydrogen (secondary N) is 2. The summed E-state index contributed by atoms with van der Waals surface area (Å²) in [6, 6.07) is 14.9. The second kappa shape index (κ2) is 10.5. The first-order chi connectivity index (χ1) is 16.3. The van der Waals surface area contributed by atoms with E-state index >= 15 is 0 Å². The van der Waals surface area contributed by atoms with E-state index in [2.05, 4.69) is 15.2 Å². The lowest BCUT2D eigenvalue weighted by Gasteiger charge is -2.14. The predicted molar refractivity (Wildman–Crippen MR) is 128 cm³/mol. The van der Waals surface area contributed by atoms with E-state index in [1.54, 1.807) is 36.4 Å². The fourth-order valence-electron chi connectivity index (χ4n) is 2.96. The van der Waals surface area contributed by atoms with Crippen molar-refractivity contribution in [2.24, 2.45) is 5.10 Å². The summed E-state index contributed by atoms with van der Waals surface area (Å²) >= 11 is 0. The number of methoxy groups -OCH3 is 3. The molecule has 3 aromatic rings. The Morgan fingerprint density at radius 2 is 1.65 bits per heavy atom. The number of sulfonamides is 1. The second-order valence-electron chi connectivity index (χ2n) is 6.72. The van der Waals surface area contributed by atoms with Gasteiger partial charge >= 0.3 is 0 Å². The molecule has 11 nitrogen and oxygen atoms in total. The molecule has 0 atom stereocenters. The Kier molecular flexibility index (Phi) is 7.53. The van der Waals surface area contributed by atoms with Crippen molar-refractivity contribution in [2.75, 3.05) is 31.5 Å². The number of para-hydroxylation sites is 2. The van der Waals surface area contributed by atoms with Gasteiger partial charge in [0.05, 0.1) is 43.8 Å². The standard InChI is InChI=1S/C22H22N4O7S/c1-31-17-10-8-15(21(13-17)33-3)14-23-24-19-11-9-16(26(27)28)12-22(19)34(29,30)25-18-6-4-5-7-20(18)32-2/h4-14,24-25H,1-3H3. The van der Waals surface area contributed by atoms with Crippen molar-refractivity contribution in [1.29, 1.82) is 0 Å². The SMILES string of the molecule is COc1ccc(C=NNc2ccc([N+](=O)[O-])cc2S(=O)(=O)Nc2ccccc2OC)c(OC)c1. The van der Waals surface area contributed by atoms with Crippen LogP contribution in [0.2, 0.25) is 0 Å². The number of nitrogens with zero attached hydrogens (tertiary/aromatic N) is 2. The number of non-ortho nitro benzene ring substituents is 1. The average molecular weight is 487 g/mol. The Hall–Kier alpha value is -4.32. The Morgan fingerprint density at radius 3 is 2.32 bits per heavy atom. The van der Waals surface area contributed by atoms with Crippen LogP contribution < -0.4 is 24.4 Å². The van der Waals surface area contributed by atoms with Crippen LogP contribution in [0.3, 0.4) is 0 Å². The van der Waals surface area contributed by atoms with Crippen LogP contribution in [0.4, 0.5) is 17.1 Å². The van der Waals surface area contributed by atoms with Crippen molar-refractivity contribution in [2.45, 2.75) is 4.90 Å². The lowest BCUT2D eigenvalue weighted by Crippen LogP contribution is -2.15. The summed E-state index contributed by atoms with van der Waals surface area (Å²) in [6.45, 7) is 0. The van der Waals surface area contributed by atoms with Crippen molar-refractivity contribution < 1.29 is 27.6 Å². The van der Waals surface area contributed by atoms with Crippen LogP contribution in [0, 0.1) is 10.1 Å². The molecule has 12 heteroatoms. The summed E-state index contributed by atoms with van der Waals surface area (Å²) in [7, 11) is 0.155. The minimum absolute atomic E-state index is 0.0247. The van der Waals surface area contributed by atoms with Gasteiger partial charge in [0.25, 0.3) is 15.7 Å². The highest BCUT2D eigenvalue weighted by atomic mass is 32.2. The monoisotopic (exact) mass is 486 g/mol. The van der Waals surface area contributed by atoms with Crippen LogP contribution in [-0.2, 0) is 10.0 Å². The van der Waals surface area contributed by atoms with Crippen LogP contribution >= 0.6 is 0 Å². The number of benzene rings is 3. The molecule has 0 heterocycles. The largest absolute Gasteiger partial charge is 0.497 e. The van der Waals surface area contributed by atoms with E-state index in [4.69, 9.17) is 14.2 Å². The lowest BCUT2D eigenvalue weighted by molar-refractivity contribution is -0.385. The van der Waals surface area contributed by atoms with Gasteiger partial charge in [0.2, 0.25) is 0 Å². The van der Waals surface area contributed by atoms with Crippen LogP contribution in [0.15, 0.2) is 70.7 Å². The summed E-state index contributed by atoms with van der Waals surface area (Å²) in [5.41, 5.74) is 3.03.